The van der Waals surface area contributed by atoms with E-state index in [-0.39, 0.29) is 0 Å². The summed E-state index contributed by atoms with van der Waals surface area (Å²) in [5.74, 6) is 1.61. The summed E-state index contributed by atoms with van der Waals surface area (Å²) in [5.41, 5.74) is 8.51. The Bertz CT molecular complexity index is 664. The van der Waals surface area contributed by atoms with Crippen molar-refractivity contribution in [3.05, 3.63) is 52.8 Å². The van der Waals surface area contributed by atoms with Crippen LogP contribution >= 0.6 is 0 Å². The Balaban J connectivity index is 2.80. The lowest BCUT2D eigenvalue weighted by Crippen LogP contribution is -2.30. The first-order valence-corrected chi connectivity index (χ1v) is 8.86. The van der Waals surface area contributed by atoms with Gasteiger partial charge in [0.15, 0.2) is 11.9 Å². The number of rotatable bonds is 4. The van der Waals surface area contributed by atoms with E-state index in [4.69, 9.17) is 0 Å². The Morgan fingerprint density at radius 1 is 0.783 bits per heavy atom. The Kier molecular flexibility index (Phi) is 5.29. The Morgan fingerprint density at radius 3 is 1.70 bits per heavy atom. The van der Waals surface area contributed by atoms with Gasteiger partial charge in [-0.05, 0) is 45.6 Å². The van der Waals surface area contributed by atoms with Gasteiger partial charge in [0, 0.05) is 19.1 Å². The van der Waals surface area contributed by atoms with Crippen molar-refractivity contribution in [3.8, 4) is 11.1 Å². The molecule has 0 radical (unpaired) electrons. The van der Waals surface area contributed by atoms with Crippen LogP contribution in [0.1, 0.15) is 81.7 Å². The van der Waals surface area contributed by atoms with Crippen molar-refractivity contribution in [2.45, 2.75) is 66.2 Å². The van der Waals surface area contributed by atoms with Crippen molar-refractivity contribution in [3.63, 3.8) is 0 Å². The SMILES string of the molecule is Cc1cc(-c2c(C(C)C)cc(C(C)C)cc2C(C)C)cc[n+]1C. The second-order valence-corrected chi connectivity index (χ2v) is 7.71. The van der Waals surface area contributed by atoms with Gasteiger partial charge in [0.2, 0.25) is 0 Å². The summed E-state index contributed by atoms with van der Waals surface area (Å²) in [7, 11) is 2.10. The van der Waals surface area contributed by atoms with Crippen molar-refractivity contribution >= 4 is 0 Å². The third-order valence-electron chi connectivity index (χ3n) is 4.82. The Morgan fingerprint density at radius 2 is 1.30 bits per heavy atom. The number of hydrogen-bond acceptors (Lipinski definition) is 0. The lowest BCUT2D eigenvalue weighted by atomic mass is 9.82. The molecule has 0 aliphatic carbocycles. The second-order valence-electron chi connectivity index (χ2n) is 7.71. The predicted octanol–water partition coefficient (Wildman–Crippen LogP) is 5.86. The summed E-state index contributed by atoms with van der Waals surface area (Å²) in [6, 6.07) is 9.44. The van der Waals surface area contributed by atoms with E-state index in [2.05, 4.69) is 90.5 Å². The summed E-state index contributed by atoms with van der Waals surface area (Å²) in [5, 5.41) is 0. The highest BCUT2D eigenvalue weighted by Gasteiger charge is 2.19. The van der Waals surface area contributed by atoms with E-state index in [0.29, 0.717) is 17.8 Å². The first-order chi connectivity index (χ1) is 10.7. The molecule has 2 rings (SSSR count). The highest BCUT2D eigenvalue weighted by Crippen LogP contribution is 2.38. The minimum atomic E-state index is 0.524. The molecule has 1 aromatic heterocycles. The maximum absolute atomic E-state index is 2.43. The fraction of sp³-hybridized carbons (Fsp3) is 0.500. The average molecular weight is 311 g/mol. The number of pyridine rings is 1. The molecule has 1 aromatic carbocycles. The molecule has 0 aliphatic rings. The minimum absolute atomic E-state index is 0.524. The van der Waals surface area contributed by atoms with Gasteiger partial charge < -0.3 is 0 Å². The molecule has 124 valence electrons. The number of aryl methyl sites for hydroxylation is 2. The molecule has 0 aliphatic heterocycles. The van der Waals surface area contributed by atoms with E-state index in [1.54, 1.807) is 0 Å². The van der Waals surface area contributed by atoms with Crippen molar-refractivity contribution in [1.82, 2.24) is 0 Å². The van der Waals surface area contributed by atoms with E-state index >= 15 is 0 Å². The van der Waals surface area contributed by atoms with Crippen LogP contribution in [0.2, 0.25) is 0 Å². The molecule has 0 N–H and O–H groups in total. The van der Waals surface area contributed by atoms with E-state index < -0.39 is 0 Å². The van der Waals surface area contributed by atoms with Crippen molar-refractivity contribution in [1.29, 1.82) is 0 Å². The topological polar surface area (TPSA) is 3.88 Å². The second kappa shape index (κ2) is 6.86. The molecule has 0 spiro atoms. The zero-order valence-electron chi connectivity index (χ0n) is 16.1. The monoisotopic (exact) mass is 310 g/mol. The third-order valence-corrected chi connectivity index (χ3v) is 4.82. The Hall–Kier alpha value is -1.63. The zero-order chi connectivity index (χ0) is 17.3. The molecule has 0 bridgehead atoms. The molecular formula is C22H32N+. The van der Waals surface area contributed by atoms with Gasteiger partial charge in [-0.2, -0.15) is 0 Å². The lowest BCUT2D eigenvalue weighted by Gasteiger charge is -2.23. The van der Waals surface area contributed by atoms with Gasteiger partial charge in [0.05, 0.1) is 0 Å². The highest BCUT2D eigenvalue weighted by atomic mass is 14.9. The summed E-state index contributed by atoms with van der Waals surface area (Å²) in [6.45, 7) is 16.0. The fourth-order valence-electron chi connectivity index (χ4n) is 3.13. The molecule has 0 saturated heterocycles. The molecule has 1 nitrogen and oxygen atoms in total. The first-order valence-electron chi connectivity index (χ1n) is 8.86. The van der Waals surface area contributed by atoms with Gasteiger partial charge in [0.1, 0.15) is 7.05 Å². The van der Waals surface area contributed by atoms with E-state index in [1.165, 1.54) is 33.5 Å². The van der Waals surface area contributed by atoms with Gasteiger partial charge in [0.25, 0.3) is 0 Å². The van der Waals surface area contributed by atoms with E-state index in [1.807, 2.05) is 0 Å². The lowest BCUT2D eigenvalue weighted by molar-refractivity contribution is -0.677. The largest absolute Gasteiger partial charge is 0.205 e. The van der Waals surface area contributed by atoms with Gasteiger partial charge in [-0.15, -0.1) is 0 Å². The molecule has 2 aromatic rings. The smallest absolute Gasteiger partial charge is 0.178 e. The molecule has 0 amide bonds. The maximum Gasteiger partial charge on any atom is 0.178 e. The molecule has 1 heterocycles. The summed E-state index contributed by atoms with van der Waals surface area (Å²) < 4.78 is 2.18. The molecule has 0 fully saturated rings. The minimum Gasteiger partial charge on any atom is -0.205 e. The van der Waals surface area contributed by atoms with Crippen LogP contribution in [0.25, 0.3) is 11.1 Å². The van der Waals surface area contributed by atoms with Crippen molar-refractivity contribution in [2.75, 3.05) is 0 Å². The first kappa shape index (κ1) is 17.7. The third kappa shape index (κ3) is 3.65. The summed E-state index contributed by atoms with van der Waals surface area (Å²) >= 11 is 0. The zero-order valence-corrected chi connectivity index (χ0v) is 16.1. The Labute approximate surface area is 142 Å². The summed E-state index contributed by atoms with van der Waals surface area (Å²) in [4.78, 5) is 0. The number of nitrogens with zero attached hydrogens (tertiary/aromatic N) is 1. The maximum atomic E-state index is 2.43. The van der Waals surface area contributed by atoms with Crippen LogP contribution in [0.4, 0.5) is 0 Å². The van der Waals surface area contributed by atoms with Gasteiger partial charge in [-0.1, -0.05) is 53.7 Å². The molecule has 0 unspecified atom stereocenters. The van der Waals surface area contributed by atoms with Crippen LogP contribution in [0.5, 0.6) is 0 Å². The van der Waals surface area contributed by atoms with Crippen LogP contribution in [-0.2, 0) is 7.05 Å². The average Bonchev–Trinajstić information content (AvgIpc) is 2.48. The van der Waals surface area contributed by atoms with Gasteiger partial charge in [-0.25, -0.2) is 4.57 Å². The molecular weight excluding hydrogens is 278 g/mol. The van der Waals surface area contributed by atoms with Crippen LogP contribution in [0.3, 0.4) is 0 Å². The number of aromatic nitrogens is 1. The van der Waals surface area contributed by atoms with Crippen LogP contribution in [0, 0.1) is 6.92 Å². The quantitative estimate of drug-likeness (QED) is 0.623. The fourth-order valence-corrected chi connectivity index (χ4v) is 3.13. The normalized spacial score (nSPS) is 11.8. The molecule has 1 heteroatoms. The standard InChI is InChI=1S/C22H32N/c1-14(2)19-12-20(15(3)4)22(21(13-19)16(5)6)18-9-10-23(8)17(7)11-18/h9-16H,1-8H3/q+1. The van der Waals surface area contributed by atoms with Crippen LogP contribution < -0.4 is 4.57 Å². The van der Waals surface area contributed by atoms with Gasteiger partial charge >= 0.3 is 0 Å². The predicted molar refractivity (Wildman–Crippen MR) is 100 cm³/mol. The molecule has 23 heavy (non-hydrogen) atoms. The number of benzene rings is 1. The van der Waals surface area contributed by atoms with E-state index in [0.717, 1.165) is 0 Å². The van der Waals surface area contributed by atoms with E-state index in [9.17, 15) is 0 Å². The van der Waals surface area contributed by atoms with Crippen LogP contribution in [0.15, 0.2) is 30.5 Å². The highest BCUT2D eigenvalue weighted by molar-refractivity contribution is 5.73. The molecule has 0 saturated carbocycles. The van der Waals surface area contributed by atoms with Crippen LogP contribution in [-0.4, -0.2) is 0 Å². The summed E-state index contributed by atoms with van der Waals surface area (Å²) in [6.07, 6.45) is 2.18. The van der Waals surface area contributed by atoms with Crippen molar-refractivity contribution < 1.29 is 4.57 Å². The number of hydrogen-bond donors (Lipinski definition) is 0. The van der Waals surface area contributed by atoms with Crippen molar-refractivity contribution in [2.24, 2.45) is 7.05 Å². The molecule has 0 atom stereocenters. The van der Waals surface area contributed by atoms with Gasteiger partial charge in [-0.3, -0.25) is 0 Å².